The largest absolute Gasteiger partial charge is 0.756 e. The minimum atomic E-state index is -4.51. The molecule has 2 unspecified atom stereocenters. The van der Waals surface area contributed by atoms with Crippen LogP contribution in [0, 0.1) is 0 Å². The van der Waals surface area contributed by atoms with E-state index in [0.717, 1.165) is 57.8 Å². The predicted molar refractivity (Wildman–Crippen MR) is 208 cm³/mol. The van der Waals surface area contributed by atoms with Gasteiger partial charge in [-0.25, -0.2) is 0 Å². The highest BCUT2D eigenvalue weighted by Crippen LogP contribution is 2.38. The number of rotatable bonds is 37. The van der Waals surface area contributed by atoms with Gasteiger partial charge < -0.3 is 27.9 Å². The number of allylic oxidation sites excluding steroid dienone is 6. The van der Waals surface area contributed by atoms with Crippen LogP contribution >= 0.6 is 7.82 Å². The zero-order chi connectivity index (χ0) is 37.0. The van der Waals surface area contributed by atoms with Crippen molar-refractivity contribution in [3.05, 3.63) is 36.5 Å². The average Bonchev–Trinajstić information content (AvgIpc) is 3.06. The molecular formula is C41H78NO7P. The first-order valence-corrected chi connectivity index (χ1v) is 21.7. The van der Waals surface area contributed by atoms with Gasteiger partial charge in [-0.1, -0.05) is 140 Å². The summed E-state index contributed by atoms with van der Waals surface area (Å²) in [5.41, 5.74) is 0. The summed E-state index contributed by atoms with van der Waals surface area (Å²) in [6, 6.07) is 0. The first-order chi connectivity index (χ1) is 24.1. The molecule has 0 aromatic heterocycles. The van der Waals surface area contributed by atoms with Gasteiger partial charge in [0.05, 0.1) is 34.4 Å². The molecule has 50 heavy (non-hydrogen) atoms. The van der Waals surface area contributed by atoms with Crippen molar-refractivity contribution in [2.24, 2.45) is 0 Å². The maximum atomic E-state index is 12.6. The summed E-state index contributed by atoms with van der Waals surface area (Å²) in [6.45, 7) is 5.34. The molecule has 0 aromatic carbocycles. The Balaban J connectivity index is 4.17. The Morgan fingerprint density at radius 3 is 1.64 bits per heavy atom. The molecule has 0 aromatic rings. The van der Waals surface area contributed by atoms with E-state index in [1.807, 2.05) is 21.1 Å². The Labute approximate surface area is 308 Å². The van der Waals surface area contributed by atoms with Crippen LogP contribution in [-0.2, 0) is 27.9 Å². The number of hydrogen-bond donors (Lipinski definition) is 0. The number of carbonyl (C=O) groups excluding carboxylic acids is 1. The van der Waals surface area contributed by atoms with Gasteiger partial charge in [0.2, 0.25) is 0 Å². The number of ether oxygens (including phenoxy) is 2. The molecule has 294 valence electrons. The fourth-order valence-corrected chi connectivity index (χ4v) is 5.99. The Morgan fingerprint density at radius 1 is 0.620 bits per heavy atom. The van der Waals surface area contributed by atoms with Crippen molar-refractivity contribution in [2.75, 3.05) is 54.1 Å². The minimum Gasteiger partial charge on any atom is -0.756 e. The summed E-state index contributed by atoms with van der Waals surface area (Å²) >= 11 is 0. The quantitative estimate of drug-likeness (QED) is 0.0207. The predicted octanol–water partition coefficient (Wildman–Crippen LogP) is 10.8. The van der Waals surface area contributed by atoms with Gasteiger partial charge in [-0.15, -0.1) is 0 Å². The van der Waals surface area contributed by atoms with Gasteiger partial charge in [0.1, 0.15) is 19.3 Å². The van der Waals surface area contributed by atoms with E-state index in [1.54, 1.807) is 0 Å². The van der Waals surface area contributed by atoms with E-state index in [0.29, 0.717) is 24.1 Å². The highest BCUT2D eigenvalue weighted by atomic mass is 31.2. The molecule has 8 nitrogen and oxygen atoms in total. The van der Waals surface area contributed by atoms with Crippen molar-refractivity contribution in [3.63, 3.8) is 0 Å². The molecule has 0 saturated carbocycles. The van der Waals surface area contributed by atoms with E-state index in [9.17, 15) is 14.3 Å². The van der Waals surface area contributed by atoms with E-state index in [1.165, 1.54) is 83.5 Å². The molecule has 0 radical (unpaired) electrons. The van der Waals surface area contributed by atoms with Gasteiger partial charge in [0, 0.05) is 13.0 Å². The third-order valence-electron chi connectivity index (χ3n) is 8.44. The first kappa shape index (κ1) is 48.7. The maximum absolute atomic E-state index is 12.6. The lowest BCUT2D eigenvalue weighted by molar-refractivity contribution is -0.870. The summed E-state index contributed by atoms with van der Waals surface area (Å²) in [5.74, 6) is -0.349. The van der Waals surface area contributed by atoms with E-state index >= 15 is 0 Å². The van der Waals surface area contributed by atoms with Crippen LogP contribution in [0.3, 0.4) is 0 Å². The lowest BCUT2D eigenvalue weighted by atomic mass is 10.1. The molecule has 0 rings (SSSR count). The molecular weight excluding hydrogens is 649 g/mol. The van der Waals surface area contributed by atoms with Crippen molar-refractivity contribution in [2.45, 2.75) is 168 Å². The third-order valence-corrected chi connectivity index (χ3v) is 9.41. The molecule has 0 saturated heterocycles. The second-order valence-electron chi connectivity index (χ2n) is 14.6. The lowest BCUT2D eigenvalue weighted by Crippen LogP contribution is -2.37. The topological polar surface area (TPSA) is 94.1 Å². The molecule has 0 N–H and O–H groups in total. The summed E-state index contributed by atoms with van der Waals surface area (Å²) in [7, 11) is 1.34. The number of esters is 1. The summed E-state index contributed by atoms with van der Waals surface area (Å²) in [6.07, 6.45) is 38.8. The molecule has 0 aliphatic carbocycles. The van der Waals surface area contributed by atoms with Crippen molar-refractivity contribution in [3.8, 4) is 0 Å². The zero-order valence-electron chi connectivity index (χ0n) is 33.1. The Kier molecular flexibility index (Phi) is 33.9. The third kappa shape index (κ3) is 38.0. The van der Waals surface area contributed by atoms with Crippen LogP contribution in [0.15, 0.2) is 36.5 Å². The van der Waals surface area contributed by atoms with Gasteiger partial charge in [-0.2, -0.15) is 0 Å². The molecule has 0 fully saturated rings. The van der Waals surface area contributed by atoms with Crippen LogP contribution in [0.25, 0.3) is 0 Å². The summed E-state index contributed by atoms with van der Waals surface area (Å²) in [4.78, 5) is 24.9. The molecule has 2 atom stereocenters. The van der Waals surface area contributed by atoms with Crippen LogP contribution in [0.2, 0.25) is 0 Å². The average molecular weight is 728 g/mol. The number of nitrogens with zero attached hydrogens (tertiary/aromatic N) is 1. The minimum absolute atomic E-state index is 0.0232. The Hall–Kier alpha value is -1.28. The Bertz CT molecular complexity index is 900. The van der Waals surface area contributed by atoms with Crippen LogP contribution < -0.4 is 4.89 Å². The normalized spacial score (nSPS) is 14.3. The van der Waals surface area contributed by atoms with Gasteiger partial charge in [0.25, 0.3) is 7.82 Å². The molecule has 0 amide bonds. The van der Waals surface area contributed by atoms with E-state index in [-0.39, 0.29) is 25.8 Å². The SMILES string of the molecule is CCCCCCC/C=C\C/C=C\C/C=C\CCCCCCCCC(=O)OC(COCCCCCCCCC)COP(=O)([O-])OCC[N+](C)(C)C. The lowest BCUT2D eigenvalue weighted by Gasteiger charge is -2.28. The Morgan fingerprint density at radius 2 is 1.10 bits per heavy atom. The number of unbranched alkanes of at least 4 members (excludes halogenated alkanes) is 17. The number of quaternary nitrogens is 1. The number of hydrogen-bond acceptors (Lipinski definition) is 7. The van der Waals surface area contributed by atoms with Gasteiger partial charge in [-0.3, -0.25) is 9.36 Å². The molecule has 9 heteroatoms. The monoisotopic (exact) mass is 728 g/mol. The fraction of sp³-hybridized carbons (Fsp3) is 0.829. The number of likely N-dealkylation sites (N-methyl/N-ethyl adjacent to an activating group) is 1. The van der Waals surface area contributed by atoms with Crippen LogP contribution in [0.1, 0.15) is 162 Å². The van der Waals surface area contributed by atoms with Crippen molar-refractivity contribution in [1.82, 2.24) is 0 Å². The van der Waals surface area contributed by atoms with Crippen molar-refractivity contribution < 1.29 is 37.3 Å². The van der Waals surface area contributed by atoms with E-state index < -0.39 is 13.9 Å². The van der Waals surface area contributed by atoms with Crippen molar-refractivity contribution >= 4 is 13.8 Å². The standard InChI is InChI=1S/C41H78NO7P/c1-6-8-10-12-14-15-16-17-18-19-20-21-22-23-24-25-26-27-28-30-32-34-41(43)49-40(38-46-36-33-31-29-13-11-9-7-2)39-48-50(44,45)47-37-35-42(3,4)5/h16-17,19-20,22-23,40H,6-15,18,21,24-39H2,1-5H3/b17-16-,20-19-,23-22-. The van der Waals surface area contributed by atoms with Crippen LogP contribution in [0.4, 0.5) is 0 Å². The van der Waals surface area contributed by atoms with Crippen LogP contribution in [-0.4, -0.2) is 70.7 Å². The summed E-state index contributed by atoms with van der Waals surface area (Å²) in [5, 5.41) is 0. The number of phosphoric acid groups is 1. The highest BCUT2D eigenvalue weighted by Gasteiger charge is 2.20. The molecule has 0 aliphatic rings. The first-order valence-electron chi connectivity index (χ1n) is 20.2. The second kappa shape index (κ2) is 34.8. The summed E-state index contributed by atoms with van der Waals surface area (Å²) < 4.78 is 34.3. The molecule has 0 aliphatic heterocycles. The smallest absolute Gasteiger partial charge is 0.306 e. The number of phosphoric ester groups is 1. The van der Waals surface area contributed by atoms with Gasteiger partial charge in [0.15, 0.2) is 0 Å². The van der Waals surface area contributed by atoms with Crippen LogP contribution in [0.5, 0.6) is 0 Å². The zero-order valence-corrected chi connectivity index (χ0v) is 34.0. The van der Waals surface area contributed by atoms with Crippen molar-refractivity contribution in [1.29, 1.82) is 0 Å². The molecule has 0 heterocycles. The maximum Gasteiger partial charge on any atom is 0.306 e. The van der Waals surface area contributed by atoms with Gasteiger partial charge >= 0.3 is 5.97 Å². The van der Waals surface area contributed by atoms with E-state index in [2.05, 4.69) is 50.3 Å². The van der Waals surface area contributed by atoms with E-state index in [4.69, 9.17) is 18.5 Å². The van der Waals surface area contributed by atoms with Gasteiger partial charge in [-0.05, 0) is 51.4 Å². The molecule has 0 bridgehead atoms. The fourth-order valence-electron chi connectivity index (χ4n) is 5.26. The highest BCUT2D eigenvalue weighted by molar-refractivity contribution is 7.45. The molecule has 0 spiro atoms. The second-order valence-corrected chi connectivity index (χ2v) is 16.1. The number of carbonyl (C=O) groups is 1.